The van der Waals surface area contributed by atoms with Gasteiger partial charge in [0.1, 0.15) is 0 Å². The van der Waals surface area contributed by atoms with Crippen molar-refractivity contribution < 1.29 is 4.79 Å². The third-order valence-electron chi connectivity index (χ3n) is 2.78. The van der Waals surface area contributed by atoms with E-state index >= 15 is 0 Å². The van der Waals surface area contributed by atoms with Crippen molar-refractivity contribution in [2.45, 2.75) is 19.4 Å². The van der Waals surface area contributed by atoms with Crippen LogP contribution in [0.1, 0.15) is 12.8 Å². The SMILES string of the molecule is NCC(=O)NCCCCn1nnc(-c2ccccc2)n1. The van der Waals surface area contributed by atoms with Crippen LogP contribution in [0, 0.1) is 0 Å². The average molecular weight is 274 g/mol. The molecule has 7 nitrogen and oxygen atoms in total. The zero-order valence-corrected chi connectivity index (χ0v) is 11.2. The van der Waals surface area contributed by atoms with Crippen molar-refractivity contribution in [1.82, 2.24) is 25.5 Å². The van der Waals surface area contributed by atoms with Gasteiger partial charge in [-0.3, -0.25) is 4.79 Å². The molecule has 1 aromatic carbocycles. The van der Waals surface area contributed by atoms with E-state index in [1.165, 1.54) is 0 Å². The molecule has 0 spiro atoms. The Bertz CT molecular complexity index is 539. The zero-order chi connectivity index (χ0) is 14.2. The number of carbonyl (C=O) groups is 1. The highest BCUT2D eigenvalue weighted by Gasteiger charge is 2.04. The monoisotopic (exact) mass is 274 g/mol. The van der Waals surface area contributed by atoms with E-state index in [9.17, 15) is 4.79 Å². The Morgan fingerprint density at radius 1 is 1.25 bits per heavy atom. The van der Waals surface area contributed by atoms with E-state index in [2.05, 4.69) is 20.7 Å². The van der Waals surface area contributed by atoms with Gasteiger partial charge in [-0.1, -0.05) is 30.3 Å². The lowest BCUT2D eigenvalue weighted by Gasteiger charge is -2.02. The van der Waals surface area contributed by atoms with Gasteiger partial charge in [0.2, 0.25) is 11.7 Å². The Morgan fingerprint density at radius 3 is 2.80 bits per heavy atom. The van der Waals surface area contributed by atoms with Gasteiger partial charge in [0.25, 0.3) is 0 Å². The highest BCUT2D eigenvalue weighted by molar-refractivity contribution is 5.77. The minimum atomic E-state index is -0.129. The van der Waals surface area contributed by atoms with E-state index in [-0.39, 0.29) is 12.5 Å². The van der Waals surface area contributed by atoms with Crippen LogP contribution in [0.5, 0.6) is 0 Å². The lowest BCUT2D eigenvalue weighted by atomic mass is 10.2. The molecule has 106 valence electrons. The van der Waals surface area contributed by atoms with Crippen molar-refractivity contribution in [2.24, 2.45) is 5.73 Å². The summed E-state index contributed by atoms with van der Waals surface area (Å²) in [6.45, 7) is 1.33. The molecule has 0 saturated heterocycles. The third-order valence-corrected chi connectivity index (χ3v) is 2.78. The van der Waals surface area contributed by atoms with Crippen LogP contribution in [0.15, 0.2) is 30.3 Å². The van der Waals surface area contributed by atoms with Gasteiger partial charge in [0.05, 0.1) is 13.1 Å². The first kappa shape index (κ1) is 14.1. The van der Waals surface area contributed by atoms with Crippen molar-refractivity contribution in [1.29, 1.82) is 0 Å². The van der Waals surface area contributed by atoms with Gasteiger partial charge in [0.15, 0.2) is 0 Å². The number of carbonyl (C=O) groups excluding carboxylic acids is 1. The topological polar surface area (TPSA) is 98.7 Å². The Morgan fingerprint density at radius 2 is 2.05 bits per heavy atom. The first-order valence-electron chi connectivity index (χ1n) is 6.59. The molecule has 0 radical (unpaired) electrons. The van der Waals surface area contributed by atoms with Gasteiger partial charge in [0, 0.05) is 12.1 Å². The Hall–Kier alpha value is -2.28. The number of nitrogens with one attached hydrogen (secondary N) is 1. The van der Waals surface area contributed by atoms with Gasteiger partial charge >= 0.3 is 0 Å². The molecule has 0 saturated carbocycles. The van der Waals surface area contributed by atoms with Gasteiger partial charge in [-0.15, -0.1) is 10.2 Å². The van der Waals surface area contributed by atoms with Crippen molar-refractivity contribution in [3.8, 4) is 11.4 Å². The molecule has 20 heavy (non-hydrogen) atoms. The van der Waals surface area contributed by atoms with E-state index in [4.69, 9.17) is 5.73 Å². The maximum atomic E-state index is 10.9. The van der Waals surface area contributed by atoms with E-state index in [1.807, 2.05) is 30.3 Å². The van der Waals surface area contributed by atoms with E-state index in [0.717, 1.165) is 18.4 Å². The fraction of sp³-hybridized carbons (Fsp3) is 0.385. The predicted molar refractivity (Wildman–Crippen MR) is 74.6 cm³/mol. The summed E-state index contributed by atoms with van der Waals surface area (Å²) in [6, 6.07) is 9.73. The van der Waals surface area contributed by atoms with Crippen molar-refractivity contribution in [2.75, 3.05) is 13.1 Å². The highest BCUT2D eigenvalue weighted by atomic mass is 16.1. The highest BCUT2D eigenvalue weighted by Crippen LogP contribution is 2.11. The predicted octanol–water partition coefficient (Wildman–Crippen LogP) is 0.195. The summed E-state index contributed by atoms with van der Waals surface area (Å²) in [4.78, 5) is 12.5. The van der Waals surface area contributed by atoms with Crippen molar-refractivity contribution in [3.63, 3.8) is 0 Å². The normalized spacial score (nSPS) is 10.4. The molecule has 1 aromatic heterocycles. The summed E-state index contributed by atoms with van der Waals surface area (Å²) in [6.07, 6.45) is 1.73. The molecule has 0 unspecified atom stereocenters. The Labute approximate surface area is 117 Å². The minimum Gasteiger partial charge on any atom is -0.355 e. The lowest BCUT2D eigenvalue weighted by Crippen LogP contribution is -2.31. The maximum absolute atomic E-state index is 10.9. The second-order valence-electron chi connectivity index (χ2n) is 4.34. The van der Waals surface area contributed by atoms with Gasteiger partial charge in [-0.05, 0) is 18.1 Å². The Balaban J connectivity index is 1.75. The van der Waals surface area contributed by atoms with Gasteiger partial charge in [-0.25, -0.2) is 0 Å². The average Bonchev–Trinajstić information content (AvgIpc) is 2.96. The number of amides is 1. The second kappa shape index (κ2) is 7.34. The molecule has 0 atom stereocenters. The number of rotatable bonds is 7. The smallest absolute Gasteiger partial charge is 0.233 e. The van der Waals surface area contributed by atoms with Crippen LogP contribution >= 0.6 is 0 Å². The fourth-order valence-corrected chi connectivity index (χ4v) is 1.72. The van der Waals surface area contributed by atoms with E-state index in [0.29, 0.717) is 18.9 Å². The molecule has 1 heterocycles. The standard InChI is InChI=1S/C13H18N6O/c14-10-12(20)15-8-4-5-9-19-17-13(16-18-19)11-6-2-1-3-7-11/h1-3,6-7H,4-5,8-10,14H2,(H,15,20). The summed E-state index contributed by atoms with van der Waals surface area (Å²) in [7, 11) is 0. The van der Waals surface area contributed by atoms with E-state index in [1.54, 1.807) is 4.80 Å². The third kappa shape index (κ3) is 4.13. The molecular weight excluding hydrogens is 256 g/mol. The van der Waals surface area contributed by atoms with Gasteiger partial charge < -0.3 is 11.1 Å². The Kier molecular flexibility index (Phi) is 5.19. The molecule has 2 rings (SSSR count). The van der Waals surface area contributed by atoms with Gasteiger partial charge in [-0.2, -0.15) is 4.80 Å². The molecule has 0 aliphatic rings. The molecule has 0 aliphatic carbocycles. The summed E-state index contributed by atoms with van der Waals surface area (Å²) < 4.78 is 0. The molecule has 7 heteroatoms. The maximum Gasteiger partial charge on any atom is 0.233 e. The molecule has 3 N–H and O–H groups in total. The van der Waals surface area contributed by atoms with Crippen LogP contribution in [0.3, 0.4) is 0 Å². The largest absolute Gasteiger partial charge is 0.355 e. The number of nitrogens with zero attached hydrogens (tertiary/aromatic N) is 4. The van der Waals surface area contributed by atoms with Crippen molar-refractivity contribution >= 4 is 5.91 Å². The molecular formula is C13H18N6O. The number of tetrazole rings is 1. The molecule has 1 amide bonds. The summed E-state index contributed by atoms with van der Waals surface area (Å²) in [5.41, 5.74) is 6.14. The van der Waals surface area contributed by atoms with Crippen LogP contribution in [0.25, 0.3) is 11.4 Å². The van der Waals surface area contributed by atoms with Crippen LogP contribution in [0.4, 0.5) is 0 Å². The second-order valence-corrected chi connectivity index (χ2v) is 4.34. The molecule has 0 aliphatic heterocycles. The number of benzene rings is 1. The zero-order valence-electron chi connectivity index (χ0n) is 11.2. The number of nitrogens with two attached hydrogens (primary N) is 1. The number of hydrogen-bond donors (Lipinski definition) is 2. The number of aromatic nitrogens is 4. The van der Waals surface area contributed by atoms with Crippen molar-refractivity contribution in [3.05, 3.63) is 30.3 Å². The molecule has 0 fully saturated rings. The van der Waals surface area contributed by atoms with Crippen LogP contribution in [0.2, 0.25) is 0 Å². The molecule has 0 bridgehead atoms. The molecule has 2 aromatic rings. The minimum absolute atomic E-state index is 0.0328. The lowest BCUT2D eigenvalue weighted by molar-refractivity contribution is -0.119. The summed E-state index contributed by atoms with van der Waals surface area (Å²) in [5, 5.41) is 15.1. The fourth-order valence-electron chi connectivity index (χ4n) is 1.72. The van der Waals surface area contributed by atoms with Crippen LogP contribution in [-0.4, -0.2) is 39.2 Å². The quantitative estimate of drug-likeness (QED) is 0.702. The number of unbranched alkanes of at least 4 members (excludes halogenated alkanes) is 1. The van der Waals surface area contributed by atoms with Crippen LogP contribution < -0.4 is 11.1 Å². The first-order chi connectivity index (χ1) is 9.79. The number of hydrogen-bond acceptors (Lipinski definition) is 5. The summed E-state index contributed by atoms with van der Waals surface area (Å²) >= 11 is 0. The van der Waals surface area contributed by atoms with Crippen LogP contribution in [-0.2, 0) is 11.3 Å². The van der Waals surface area contributed by atoms with E-state index < -0.39 is 0 Å². The summed E-state index contributed by atoms with van der Waals surface area (Å²) in [5.74, 6) is 0.497. The first-order valence-corrected chi connectivity index (χ1v) is 6.59. The number of aryl methyl sites for hydroxylation is 1.